The third kappa shape index (κ3) is 1.19. The molecule has 4 heteroatoms. The molecule has 0 aliphatic heterocycles. The van der Waals surface area contributed by atoms with Crippen molar-refractivity contribution in [2.75, 3.05) is 5.73 Å². The van der Waals surface area contributed by atoms with Crippen molar-refractivity contribution in [1.82, 2.24) is 9.38 Å². The monoisotopic (exact) mass is 199 g/mol. The van der Waals surface area contributed by atoms with Gasteiger partial charge in [-0.2, -0.15) is 0 Å². The Morgan fingerprint density at radius 2 is 2.20 bits per heavy atom. The average molecular weight is 199 g/mol. The van der Waals surface area contributed by atoms with E-state index in [1.165, 1.54) is 0 Å². The standard InChI is InChI=1S/C11H9N3O/c12-8-3-4-9-6-13-11(14(9)7-8)10-2-1-5-15-10/h1-7H,12H2. The second kappa shape index (κ2) is 2.88. The summed E-state index contributed by atoms with van der Waals surface area (Å²) in [6.07, 6.45) is 5.25. The fourth-order valence-electron chi connectivity index (χ4n) is 1.59. The molecule has 0 aliphatic rings. The Morgan fingerprint density at radius 1 is 1.27 bits per heavy atom. The van der Waals surface area contributed by atoms with Gasteiger partial charge in [0.1, 0.15) is 0 Å². The summed E-state index contributed by atoms with van der Waals surface area (Å²) in [7, 11) is 0. The first-order chi connectivity index (χ1) is 7.34. The summed E-state index contributed by atoms with van der Waals surface area (Å²) >= 11 is 0. The second-order valence-corrected chi connectivity index (χ2v) is 3.32. The van der Waals surface area contributed by atoms with E-state index in [9.17, 15) is 0 Å². The van der Waals surface area contributed by atoms with E-state index in [1.54, 1.807) is 12.5 Å². The lowest BCUT2D eigenvalue weighted by atomic mass is 10.3. The number of imidazole rings is 1. The summed E-state index contributed by atoms with van der Waals surface area (Å²) in [5, 5.41) is 0. The van der Waals surface area contributed by atoms with Gasteiger partial charge in [0.15, 0.2) is 11.6 Å². The third-order valence-electron chi connectivity index (χ3n) is 2.29. The number of hydrogen-bond donors (Lipinski definition) is 1. The first-order valence-corrected chi connectivity index (χ1v) is 4.61. The predicted molar refractivity (Wildman–Crippen MR) is 57.3 cm³/mol. The summed E-state index contributed by atoms with van der Waals surface area (Å²) in [4.78, 5) is 4.29. The van der Waals surface area contributed by atoms with Gasteiger partial charge in [0.25, 0.3) is 0 Å². The van der Waals surface area contributed by atoms with Gasteiger partial charge in [-0.15, -0.1) is 0 Å². The molecule has 0 unspecified atom stereocenters. The fourth-order valence-corrected chi connectivity index (χ4v) is 1.59. The van der Waals surface area contributed by atoms with Gasteiger partial charge in [-0.1, -0.05) is 0 Å². The number of nitrogens with zero attached hydrogens (tertiary/aromatic N) is 2. The van der Waals surface area contributed by atoms with E-state index in [0.717, 1.165) is 17.1 Å². The molecule has 4 nitrogen and oxygen atoms in total. The highest BCUT2D eigenvalue weighted by Gasteiger charge is 2.08. The summed E-state index contributed by atoms with van der Waals surface area (Å²) in [6, 6.07) is 7.48. The molecule has 0 atom stereocenters. The van der Waals surface area contributed by atoms with Gasteiger partial charge in [0.2, 0.25) is 0 Å². The topological polar surface area (TPSA) is 56.5 Å². The number of rotatable bonds is 1. The summed E-state index contributed by atoms with van der Waals surface area (Å²) in [5.41, 5.74) is 7.42. The van der Waals surface area contributed by atoms with Crippen LogP contribution in [0.5, 0.6) is 0 Å². The van der Waals surface area contributed by atoms with E-state index in [-0.39, 0.29) is 0 Å². The SMILES string of the molecule is Nc1ccc2cnc(-c3ccco3)n2c1. The molecule has 0 saturated carbocycles. The number of hydrogen-bond acceptors (Lipinski definition) is 3. The van der Waals surface area contributed by atoms with Crippen LogP contribution in [0.15, 0.2) is 47.3 Å². The van der Waals surface area contributed by atoms with Gasteiger partial charge in [-0.25, -0.2) is 4.98 Å². The molecule has 3 aromatic rings. The molecule has 0 aliphatic carbocycles. The van der Waals surface area contributed by atoms with Crippen LogP contribution in [0.2, 0.25) is 0 Å². The normalized spacial score (nSPS) is 10.9. The minimum absolute atomic E-state index is 0.702. The van der Waals surface area contributed by atoms with Crippen molar-refractivity contribution in [3.8, 4) is 11.6 Å². The molecule has 0 aromatic carbocycles. The van der Waals surface area contributed by atoms with Crippen molar-refractivity contribution >= 4 is 11.2 Å². The highest BCUT2D eigenvalue weighted by molar-refractivity contribution is 5.60. The van der Waals surface area contributed by atoms with Crippen LogP contribution in [0.4, 0.5) is 5.69 Å². The fraction of sp³-hybridized carbons (Fsp3) is 0. The van der Waals surface area contributed by atoms with Crippen molar-refractivity contribution in [3.05, 3.63) is 42.9 Å². The maximum atomic E-state index is 5.73. The summed E-state index contributed by atoms with van der Waals surface area (Å²) in [6.45, 7) is 0. The molecule has 0 fully saturated rings. The Balaban J connectivity index is 2.32. The predicted octanol–water partition coefficient (Wildman–Crippen LogP) is 2.18. The lowest BCUT2D eigenvalue weighted by Gasteiger charge is -1.99. The molecule has 2 N–H and O–H groups in total. The minimum atomic E-state index is 0.702. The maximum absolute atomic E-state index is 5.73. The van der Waals surface area contributed by atoms with E-state index in [0.29, 0.717) is 5.69 Å². The highest BCUT2D eigenvalue weighted by atomic mass is 16.3. The lowest BCUT2D eigenvalue weighted by Crippen LogP contribution is -1.91. The largest absolute Gasteiger partial charge is 0.461 e. The molecule has 3 rings (SSSR count). The Hall–Kier alpha value is -2.23. The van der Waals surface area contributed by atoms with Gasteiger partial charge < -0.3 is 10.2 Å². The zero-order valence-electron chi connectivity index (χ0n) is 7.92. The van der Waals surface area contributed by atoms with Crippen LogP contribution < -0.4 is 5.73 Å². The van der Waals surface area contributed by atoms with E-state index in [4.69, 9.17) is 10.2 Å². The molecular formula is C11H9N3O. The van der Waals surface area contributed by atoms with Crippen LogP contribution in [0.25, 0.3) is 17.1 Å². The van der Waals surface area contributed by atoms with Crippen molar-refractivity contribution in [1.29, 1.82) is 0 Å². The number of pyridine rings is 1. The molecule has 74 valence electrons. The molecule has 15 heavy (non-hydrogen) atoms. The van der Waals surface area contributed by atoms with Crippen LogP contribution >= 0.6 is 0 Å². The van der Waals surface area contributed by atoms with Crippen molar-refractivity contribution < 1.29 is 4.42 Å². The molecule has 0 radical (unpaired) electrons. The zero-order valence-corrected chi connectivity index (χ0v) is 7.92. The molecule has 3 aromatic heterocycles. The van der Waals surface area contributed by atoms with Gasteiger partial charge in [0.05, 0.1) is 18.0 Å². The maximum Gasteiger partial charge on any atom is 0.180 e. The Kier molecular flexibility index (Phi) is 1.56. The Morgan fingerprint density at radius 3 is 3.00 bits per heavy atom. The first kappa shape index (κ1) is 8.11. The quantitative estimate of drug-likeness (QED) is 0.653. The minimum Gasteiger partial charge on any atom is -0.461 e. The van der Waals surface area contributed by atoms with Gasteiger partial charge in [-0.05, 0) is 24.3 Å². The second-order valence-electron chi connectivity index (χ2n) is 3.32. The van der Waals surface area contributed by atoms with E-state index >= 15 is 0 Å². The van der Waals surface area contributed by atoms with Crippen LogP contribution in [0, 0.1) is 0 Å². The molecule has 0 amide bonds. The average Bonchev–Trinajstić information content (AvgIpc) is 2.83. The number of anilines is 1. The van der Waals surface area contributed by atoms with Crippen LogP contribution in [-0.4, -0.2) is 9.38 Å². The van der Waals surface area contributed by atoms with E-state index in [1.807, 2.05) is 34.9 Å². The van der Waals surface area contributed by atoms with Gasteiger partial charge >= 0.3 is 0 Å². The number of nitrogen functional groups attached to an aromatic ring is 1. The lowest BCUT2D eigenvalue weighted by molar-refractivity contribution is 0.577. The van der Waals surface area contributed by atoms with Crippen molar-refractivity contribution in [2.24, 2.45) is 0 Å². The first-order valence-electron chi connectivity index (χ1n) is 4.61. The molecule has 0 saturated heterocycles. The van der Waals surface area contributed by atoms with E-state index in [2.05, 4.69) is 4.98 Å². The molecular weight excluding hydrogens is 190 g/mol. The summed E-state index contributed by atoms with van der Waals surface area (Å²) < 4.78 is 7.21. The molecule has 0 bridgehead atoms. The van der Waals surface area contributed by atoms with Crippen LogP contribution in [0.1, 0.15) is 0 Å². The van der Waals surface area contributed by atoms with Crippen LogP contribution in [-0.2, 0) is 0 Å². The number of furan rings is 1. The van der Waals surface area contributed by atoms with Gasteiger partial charge in [0, 0.05) is 11.9 Å². The number of fused-ring (bicyclic) bond motifs is 1. The van der Waals surface area contributed by atoms with E-state index < -0.39 is 0 Å². The number of nitrogens with two attached hydrogens (primary N) is 1. The Labute approximate surface area is 86.0 Å². The van der Waals surface area contributed by atoms with Gasteiger partial charge in [-0.3, -0.25) is 4.40 Å². The molecule has 0 spiro atoms. The van der Waals surface area contributed by atoms with Crippen LogP contribution in [0.3, 0.4) is 0 Å². The zero-order chi connectivity index (χ0) is 10.3. The third-order valence-corrected chi connectivity index (χ3v) is 2.29. The summed E-state index contributed by atoms with van der Waals surface area (Å²) in [5.74, 6) is 1.50. The smallest absolute Gasteiger partial charge is 0.180 e. The Bertz CT molecular complexity index is 595. The van der Waals surface area contributed by atoms with Crippen molar-refractivity contribution in [3.63, 3.8) is 0 Å². The highest BCUT2D eigenvalue weighted by Crippen LogP contribution is 2.20. The molecule has 3 heterocycles. The number of aromatic nitrogens is 2. The van der Waals surface area contributed by atoms with Crippen molar-refractivity contribution in [2.45, 2.75) is 0 Å².